The van der Waals surface area contributed by atoms with Gasteiger partial charge < -0.3 is 9.80 Å². The number of aryl methyl sites for hydroxylation is 1. The lowest BCUT2D eigenvalue weighted by Gasteiger charge is -2.36. The molecule has 7 nitrogen and oxygen atoms in total. The second-order valence-electron chi connectivity index (χ2n) is 7.33. The van der Waals surface area contributed by atoms with Crippen molar-refractivity contribution < 1.29 is 8.42 Å². The summed E-state index contributed by atoms with van der Waals surface area (Å²) >= 11 is 0. The monoisotopic (exact) mass is 383 g/mol. The third kappa shape index (κ3) is 2.97. The fourth-order valence-electron chi connectivity index (χ4n) is 3.79. The summed E-state index contributed by atoms with van der Waals surface area (Å²) in [5.74, 6) is 2.96. The van der Waals surface area contributed by atoms with Gasteiger partial charge in [-0.25, -0.2) is 9.97 Å². The first-order valence-corrected chi connectivity index (χ1v) is 10.8. The van der Waals surface area contributed by atoms with E-state index in [1.165, 1.54) is 12.8 Å². The first-order chi connectivity index (χ1) is 13.0. The quantitative estimate of drug-likeness (QED) is 0.789. The molecule has 140 valence electrons. The minimum atomic E-state index is -3.57. The summed E-state index contributed by atoms with van der Waals surface area (Å²) in [6, 6.07) is 9.17. The van der Waals surface area contributed by atoms with Gasteiger partial charge in [0.05, 0.1) is 0 Å². The molecular weight excluding hydrogens is 362 g/mol. The first kappa shape index (κ1) is 16.7. The third-order valence-electron chi connectivity index (χ3n) is 5.36. The number of rotatable bonds is 2. The van der Waals surface area contributed by atoms with Crippen LogP contribution in [0.1, 0.15) is 35.8 Å². The average Bonchev–Trinajstić information content (AvgIpc) is 3.48. The zero-order chi connectivity index (χ0) is 18.6. The van der Waals surface area contributed by atoms with Gasteiger partial charge in [-0.05, 0) is 31.9 Å². The van der Waals surface area contributed by atoms with E-state index in [0.717, 1.165) is 30.4 Å². The molecule has 0 spiro atoms. The van der Waals surface area contributed by atoms with Crippen LogP contribution in [0, 0.1) is 6.92 Å². The van der Waals surface area contributed by atoms with Crippen LogP contribution in [0.5, 0.6) is 0 Å². The highest BCUT2D eigenvalue weighted by Crippen LogP contribution is 2.39. The van der Waals surface area contributed by atoms with Crippen LogP contribution < -0.4 is 4.90 Å². The summed E-state index contributed by atoms with van der Waals surface area (Å²) < 4.78 is 28.6. The van der Waals surface area contributed by atoms with Crippen molar-refractivity contribution in [1.29, 1.82) is 0 Å². The topological polar surface area (TPSA) is 78.8 Å². The maximum absolute atomic E-state index is 12.3. The van der Waals surface area contributed by atoms with Crippen molar-refractivity contribution in [3.05, 3.63) is 47.4 Å². The second-order valence-corrected chi connectivity index (χ2v) is 8.91. The van der Waals surface area contributed by atoms with Gasteiger partial charge >= 0.3 is 0 Å². The molecule has 2 fully saturated rings. The van der Waals surface area contributed by atoms with Crippen molar-refractivity contribution in [2.45, 2.75) is 30.6 Å². The van der Waals surface area contributed by atoms with Gasteiger partial charge in [0.15, 0.2) is 5.84 Å². The normalized spacial score (nSPS) is 21.1. The minimum Gasteiger partial charge on any atom is -0.353 e. The third-order valence-corrected chi connectivity index (χ3v) is 6.68. The van der Waals surface area contributed by atoms with Crippen LogP contribution in [-0.4, -0.2) is 55.3 Å². The standard InChI is InChI=1S/C19H21N5O2S/c1-13-20-16(14-6-7-14)12-18(21-13)23-8-10-24(11-9-23)19-15-4-2-3-5-17(15)27(25,26)22-19/h2-5,12,14H,6-11H2,1H3. The molecule has 1 aromatic heterocycles. The van der Waals surface area contributed by atoms with Gasteiger partial charge in [-0.1, -0.05) is 12.1 Å². The number of nitrogens with zero attached hydrogens (tertiary/aromatic N) is 5. The molecule has 8 heteroatoms. The van der Waals surface area contributed by atoms with Crippen LogP contribution in [0.15, 0.2) is 39.6 Å². The molecule has 1 saturated carbocycles. The fourth-order valence-corrected chi connectivity index (χ4v) is 5.02. The summed E-state index contributed by atoms with van der Waals surface area (Å²) in [5, 5.41) is 0. The van der Waals surface area contributed by atoms with Crippen LogP contribution in [0.3, 0.4) is 0 Å². The van der Waals surface area contributed by atoms with Crippen molar-refractivity contribution in [1.82, 2.24) is 14.9 Å². The number of aromatic nitrogens is 2. The summed E-state index contributed by atoms with van der Waals surface area (Å²) in [4.78, 5) is 13.8. The summed E-state index contributed by atoms with van der Waals surface area (Å²) in [6.07, 6.45) is 2.44. The van der Waals surface area contributed by atoms with E-state index in [1.807, 2.05) is 19.1 Å². The van der Waals surface area contributed by atoms with Crippen LogP contribution in [-0.2, 0) is 10.0 Å². The Labute approximate surface area is 158 Å². The van der Waals surface area contributed by atoms with Gasteiger partial charge in [0.2, 0.25) is 0 Å². The number of benzene rings is 1. The lowest BCUT2D eigenvalue weighted by Crippen LogP contribution is -2.49. The Morgan fingerprint density at radius 1 is 1.00 bits per heavy atom. The van der Waals surface area contributed by atoms with E-state index in [0.29, 0.717) is 35.3 Å². The molecule has 0 N–H and O–H groups in total. The van der Waals surface area contributed by atoms with Gasteiger partial charge in [-0.3, -0.25) is 0 Å². The Balaban J connectivity index is 1.36. The molecule has 3 aliphatic rings. The molecule has 1 aromatic carbocycles. The minimum absolute atomic E-state index is 0.308. The van der Waals surface area contributed by atoms with Crippen LogP contribution >= 0.6 is 0 Å². The Kier molecular flexibility index (Phi) is 3.72. The van der Waals surface area contributed by atoms with E-state index in [1.54, 1.807) is 12.1 Å². The molecule has 2 aromatic rings. The Morgan fingerprint density at radius 3 is 2.44 bits per heavy atom. The van der Waals surface area contributed by atoms with Gasteiger partial charge in [-0.15, -0.1) is 4.40 Å². The van der Waals surface area contributed by atoms with Crippen molar-refractivity contribution >= 4 is 21.7 Å². The highest BCUT2D eigenvalue weighted by molar-refractivity contribution is 7.90. The molecule has 27 heavy (non-hydrogen) atoms. The highest BCUT2D eigenvalue weighted by atomic mass is 32.2. The maximum Gasteiger partial charge on any atom is 0.285 e. The van der Waals surface area contributed by atoms with E-state index in [9.17, 15) is 8.42 Å². The van der Waals surface area contributed by atoms with Crippen LogP contribution in [0.25, 0.3) is 0 Å². The largest absolute Gasteiger partial charge is 0.353 e. The zero-order valence-corrected chi connectivity index (χ0v) is 16.0. The van der Waals surface area contributed by atoms with Gasteiger partial charge in [0.1, 0.15) is 16.5 Å². The molecule has 0 radical (unpaired) electrons. The van der Waals surface area contributed by atoms with Crippen LogP contribution in [0.4, 0.5) is 5.82 Å². The van der Waals surface area contributed by atoms with Crippen LogP contribution in [0.2, 0.25) is 0 Å². The number of fused-ring (bicyclic) bond motifs is 1. The Hall–Kier alpha value is -2.48. The fraction of sp³-hybridized carbons (Fsp3) is 0.421. The highest BCUT2D eigenvalue weighted by Gasteiger charge is 2.33. The van der Waals surface area contributed by atoms with Gasteiger partial charge in [-0.2, -0.15) is 8.42 Å². The number of hydrogen-bond acceptors (Lipinski definition) is 6. The molecule has 0 unspecified atom stereocenters. The van der Waals surface area contributed by atoms with Crippen molar-refractivity contribution in [2.75, 3.05) is 31.1 Å². The summed E-state index contributed by atoms with van der Waals surface area (Å²) in [6.45, 7) is 4.93. The van der Waals surface area contributed by atoms with E-state index in [2.05, 4.69) is 30.2 Å². The molecule has 0 atom stereocenters. The molecule has 2 aliphatic heterocycles. The smallest absolute Gasteiger partial charge is 0.285 e. The van der Waals surface area contributed by atoms with Crippen molar-refractivity contribution in [3.63, 3.8) is 0 Å². The molecule has 1 aliphatic carbocycles. The number of amidine groups is 1. The van der Waals surface area contributed by atoms with Crippen molar-refractivity contribution in [3.8, 4) is 0 Å². The molecule has 3 heterocycles. The van der Waals surface area contributed by atoms with Crippen molar-refractivity contribution in [2.24, 2.45) is 4.40 Å². The average molecular weight is 383 g/mol. The Morgan fingerprint density at radius 2 is 1.70 bits per heavy atom. The molecule has 0 bridgehead atoms. The molecular formula is C19H21N5O2S. The van der Waals surface area contributed by atoms with Gasteiger partial charge in [0.25, 0.3) is 10.0 Å². The molecule has 0 amide bonds. The lowest BCUT2D eigenvalue weighted by molar-refractivity contribution is 0.385. The SMILES string of the molecule is Cc1nc(C2CC2)cc(N2CCN(C3=NS(=O)(=O)c4ccccc43)CC2)n1. The number of hydrogen-bond donors (Lipinski definition) is 0. The number of sulfonamides is 1. The summed E-state index contributed by atoms with van der Waals surface area (Å²) in [7, 11) is -3.57. The first-order valence-electron chi connectivity index (χ1n) is 9.31. The van der Waals surface area contributed by atoms with E-state index in [-0.39, 0.29) is 0 Å². The number of piperazine rings is 1. The Bertz CT molecular complexity index is 1040. The van der Waals surface area contributed by atoms with Gasteiger partial charge in [0, 0.05) is 49.4 Å². The lowest BCUT2D eigenvalue weighted by atomic mass is 10.1. The zero-order valence-electron chi connectivity index (χ0n) is 15.2. The van der Waals surface area contributed by atoms with E-state index < -0.39 is 10.0 Å². The summed E-state index contributed by atoms with van der Waals surface area (Å²) in [5.41, 5.74) is 1.86. The second kappa shape index (κ2) is 6.02. The number of anilines is 1. The van der Waals surface area contributed by atoms with E-state index >= 15 is 0 Å². The molecule has 5 rings (SSSR count). The van der Waals surface area contributed by atoms with E-state index in [4.69, 9.17) is 0 Å². The maximum atomic E-state index is 12.3. The predicted octanol–water partition coefficient (Wildman–Crippen LogP) is 1.93. The predicted molar refractivity (Wildman–Crippen MR) is 103 cm³/mol. The molecule has 1 saturated heterocycles.